The Morgan fingerprint density at radius 1 is 1.16 bits per heavy atom. The number of hydrogen-bond acceptors (Lipinski definition) is 4. The van der Waals surface area contributed by atoms with Gasteiger partial charge in [-0.15, -0.1) is 0 Å². The zero-order valence-corrected chi connectivity index (χ0v) is 11.5. The minimum atomic E-state index is 0.694. The molecule has 0 bridgehead atoms. The maximum absolute atomic E-state index is 4.51. The summed E-state index contributed by atoms with van der Waals surface area (Å²) in [5.74, 6) is 1.62. The lowest BCUT2D eigenvalue weighted by Gasteiger charge is -2.18. The van der Waals surface area contributed by atoms with E-state index in [9.17, 15) is 0 Å². The third-order valence-electron chi connectivity index (χ3n) is 2.83. The van der Waals surface area contributed by atoms with Crippen molar-refractivity contribution >= 4 is 11.8 Å². The van der Waals surface area contributed by atoms with Gasteiger partial charge in [0.2, 0.25) is 5.95 Å². The molecule has 0 saturated carbocycles. The van der Waals surface area contributed by atoms with E-state index in [2.05, 4.69) is 51.4 Å². The molecule has 0 saturated heterocycles. The monoisotopic (exact) mass is 256 g/mol. The standard InChI is InChI=1S/C15H20N4/c1-3-10-16-15-17-11-9-14(18-15)19(2)12-13-7-5-4-6-8-13/h4-9,11H,3,10,12H2,1-2H3,(H,16,17,18). The molecular formula is C15H20N4. The molecule has 0 unspecified atom stereocenters. The van der Waals surface area contributed by atoms with Gasteiger partial charge in [-0.05, 0) is 18.1 Å². The Morgan fingerprint density at radius 3 is 2.68 bits per heavy atom. The first kappa shape index (κ1) is 13.3. The highest BCUT2D eigenvalue weighted by atomic mass is 15.2. The van der Waals surface area contributed by atoms with Gasteiger partial charge in [0.05, 0.1) is 0 Å². The van der Waals surface area contributed by atoms with Gasteiger partial charge in [0.15, 0.2) is 0 Å². The lowest BCUT2D eigenvalue weighted by Crippen LogP contribution is -2.18. The second-order valence-corrected chi connectivity index (χ2v) is 4.51. The van der Waals surface area contributed by atoms with Gasteiger partial charge in [0.25, 0.3) is 0 Å². The molecule has 19 heavy (non-hydrogen) atoms. The molecule has 1 N–H and O–H groups in total. The summed E-state index contributed by atoms with van der Waals surface area (Å²) in [7, 11) is 2.04. The van der Waals surface area contributed by atoms with Crippen LogP contribution in [0.1, 0.15) is 18.9 Å². The lowest BCUT2D eigenvalue weighted by molar-refractivity contribution is 0.884. The summed E-state index contributed by atoms with van der Waals surface area (Å²) < 4.78 is 0. The van der Waals surface area contributed by atoms with Crippen molar-refractivity contribution in [1.29, 1.82) is 0 Å². The first-order valence-electron chi connectivity index (χ1n) is 6.61. The summed E-state index contributed by atoms with van der Waals surface area (Å²) in [4.78, 5) is 10.8. The van der Waals surface area contributed by atoms with Crippen LogP contribution in [0.2, 0.25) is 0 Å². The van der Waals surface area contributed by atoms with Crippen molar-refractivity contribution in [3.05, 3.63) is 48.2 Å². The number of hydrogen-bond donors (Lipinski definition) is 1. The maximum Gasteiger partial charge on any atom is 0.224 e. The number of nitrogens with one attached hydrogen (secondary N) is 1. The predicted molar refractivity (Wildman–Crippen MR) is 79.4 cm³/mol. The molecule has 1 heterocycles. The molecule has 0 atom stereocenters. The van der Waals surface area contributed by atoms with Crippen molar-refractivity contribution in [2.75, 3.05) is 23.8 Å². The summed E-state index contributed by atoms with van der Waals surface area (Å²) >= 11 is 0. The van der Waals surface area contributed by atoms with E-state index >= 15 is 0 Å². The van der Waals surface area contributed by atoms with Gasteiger partial charge < -0.3 is 10.2 Å². The van der Waals surface area contributed by atoms with Gasteiger partial charge in [0, 0.05) is 26.3 Å². The van der Waals surface area contributed by atoms with Crippen LogP contribution in [0, 0.1) is 0 Å². The van der Waals surface area contributed by atoms with Crippen LogP contribution in [0.15, 0.2) is 42.6 Å². The molecule has 0 fully saturated rings. The number of anilines is 2. The summed E-state index contributed by atoms with van der Waals surface area (Å²) in [6, 6.07) is 12.3. The first-order chi connectivity index (χ1) is 9.29. The van der Waals surface area contributed by atoms with E-state index in [4.69, 9.17) is 0 Å². The molecule has 0 radical (unpaired) electrons. The third kappa shape index (κ3) is 3.95. The van der Waals surface area contributed by atoms with Gasteiger partial charge >= 0.3 is 0 Å². The molecule has 0 aliphatic heterocycles. The largest absolute Gasteiger partial charge is 0.355 e. The molecule has 1 aromatic carbocycles. The fourth-order valence-electron chi connectivity index (χ4n) is 1.82. The van der Waals surface area contributed by atoms with E-state index in [0.29, 0.717) is 5.95 Å². The Labute approximate surface area is 114 Å². The average Bonchev–Trinajstić information content (AvgIpc) is 2.46. The zero-order valence-electron chi connectivity index (χ0n) is 11.5. The molecule has 0 aliphatic carbocycles. The van der Waals surface area contributed by atoms with Crippen LogP contribution in [0.3, 0.4) is 0 Å². The molecule has 1 aromatic heterocycles. The lowest BCUT2D eigenvalue weighted by atomic mass is 10.2. The Bertz CT molecular complexity index is 499. The minimum absolute atomic E-state index is 0.694. The quantitative estimate of drug-likeness (QED) is 0.862. The van der Waals surface area contributed by atoms with Crippen LogP contribution in [-0.4, -0.2) is 23.6 Å². The third-order valence-corrected chi connectivity index (χ3v) is 2.83. The van der Waals surface area contributed by atoms with Crippen molar-refractivity contribution in [2.24, 2.45) is 0 Å². The average molecular weight is 256 g/mol. The van der Waals surface area contributed by atoms with Gasteiger partial charge in [-0.25, -0.2) is 4.98 Å². The smallest absolute Gasteiger partial charge is 0.224 e. The van der Waals surface area contributed by atoms with Gasteiger partial charge in [-0.2, -0.15) is 4.98 Å². The highest BCUT2D eigenvalue weighted by Crippen LogP contribution is 2.13. The van der Waals surface area contributed by atoms with Crippen LogP contribution in [0.4, 0.5) is 11.8 Å². The topological polar surface area (TPSA) is 41.1 Å². The van der Waals surface area contributed by atoms with Crippen molar-refractivity contribution in [1.82, 2.24) is 9.97 Å². The molecule has 2 aromatic rings. The van der Waals surface area contributed by atoms with Crippen LogP contribution in [-0.2, 0) is 6.54 Å². The summed E-state index contributed by atoms with van der Waals surface area (Å²) in [5, 5.41) is 3.20. The van der Waals surface area contributed by atoms with Gasteiger partial charge in [-0.1, -0.05) is 37.3 Å². The molecule has 0 aliphatic rings. The molecule has 4 nitrogen and oxygen atoms in total. The van der Waals surface area contributed by atoms with Crippen molar-refractivity contribution in [3.8, 4) is 0 Å². The maximum atomic E-state index is 4.51. The number of benzene rings is 1. The van der Waals surface area contributed by atoms with E-state index in [1.807, 2.05) is 19.2 Å². The van der Waals surface area contributed by atoms with Crippen molar-refractivity contribution < 1.29 is 0 Å². The molecule has 0 amide bonds. The summed E-state index contributed by atoms with van der Waals surface area (Å²) in [5.41, 5.74) is 1.27. The number of rotatable bonds is 6. The highest BCUT2D eigenvalue weighted by Gasteiger charge is 2.05. The fraction of sp³-hybridized carbons (Fsp3) is 0.333. The molecule has 2 rings (SSSR count). The van der Waals surface area contributed by atoms with E-state index in [1.165, 1.54) is 5.56 Å². The van der Waals surface area contributed by atoms with Crippen LogP contribution >= 0.6 is 0 Å². The Balaban J connectivity index is 2.04. The minimum Gasteiger partial charge on any atom is -0.355 e. The number of nitrogens with zero attached hydrogens (tertiary/aromatic N) is 3. The molecule has 4 heteroatoms. The molecule has 0 spiro atoms. The summed E-state index contributed by atoms with van der Waals surface area (Å²) in [6.07, 6.45) is 2.86. The first-order valence-corrected chi connectivity index (χ1v) is 6.61. The molecular weight excluding hydrogens is 236 g/mol. The normalized spacial score (nSPS) is 10.2. The zero-order chi connectivity index (χ0) is 13.5. The van der Waals surface area contributed by atoms with Gasteiger partial charge in [-0.3, -0.25) is 0 Å². The van der Waals surface area contributed by atoms with E-state index in [-0.39, 0.29) is 0 Å². The second-order valence-electron chi connectivity index (χ2n) is 4.51. The fourth-order valence-corrected chi connectivity index (χ4v) is 1.82. The SMILES string of the molecule is CCCNc1nccc(N(C)Cc2ccccc2)n1. The van der Waals surface area contributed by atoms with E-state index in [1.54, 1.807) is 6.20 Å². The number of aromatic nitrogens is 2. The van der Waals surface area contributed by atoms with Crippen LogP contribution < -0.4 is 10.2 Å². The van der Waals surface area contributed by atoms with Crippen LogP contribution in [0.5, 0.6) is 0 Å². The summed E-state index contributed by atoms with van der Waals surface area (Å²) in [6.45, 7) is 3.86. The Morgan fingerprint density at radius 2 is 1.95 bits per heavy atom. The Hall–Kier alpha value is -2.10. The van der Waals surface area contributed by atoms with Crippen molar-refractivity contribution in [3.63, 3.8) is 0 Å². The molecule has 100 valence electrons. The van der Waals surface area contributed by atoms with E-state index in [0.717, 1.165) is 25.3 Å². The Kier molecular flexibility index (Phi) is 4.72. The highest BCUT2D eigenvalue weighted by molar-refractivity contribution is 5.42. The van der Waals surface area contributed by atoms with Gasteiger partial charge in [0.1, 0.15) is 5.82 Å². The van der Waals surface area contributed by atoms with E-state index < -0.39 is 0 Å². The van der Waals surface area contributed by atoms with Crippen LogP contribution in [0.25, 0.3) is 0 Å². The second kappa shape index (κ2) is 6.73. The predicted octanol–water partition coefficient (Wildman–Crippen LogP) is 2.93. The van der Waals surface area contributed by atoms with Crippen molar-refractivity contribution in [2.45, 2.75) is 19.9 Å².